The highest BCUT2D eigenvalue weighted by molar-refractivity contribution is 6.00. The lowest BCUT2D eigenvalue weighted by atomic mass is 9.99. The molecule has 0 spiro atoms. The van der Waals surface area contributed by atoms with Crippen LogP contribution in [-0.4, -0.2) is 72.7 Å². The number of methoxy groups -OCH3 is 2. The lowest BCUT2D eigenvalue weighted by Crippen LogP contribution is -2.49. The highest BCUT2D eigenvalue weighted by atomic mass is 16.5. The third kappa shape index (κ3) is 4.32. The van der Waals surface area contributed by atoms with Gasteiger partial charge in [0.05, 0.1) is 14.2 Å². The van der Waals surface area contributed by atoms with Gasteiger partial charge in [-0.3, -0.25) is 9.59 Å². The molecule has 1 unspecified atom stereocenters. The first-order valence-electron chi connectivity index (χ1n) is 10.4. The minimum absolute atomic E-state index is 0.157. The van der Waals surface area contributed by atoms with E-state index in [0.29, 0.717) is 37.2 Å². The number of carbonyl (C=O) groups is 2. The predicted molar refractivity (Wildman–Crippen MR) is 108 cm³/mol. The smallest absolute Gasteiger partial charge is 0.328 e. The number of hydrogen-bond donors (Lipinski definition) is 0. The first-order chi connectivity index (χ1) is 14.0. The maximum atomic E-state index is 13.6. The molecule has 1 aromatic rings. The van der Waals surface area contributed by atoms with E-state index >= 15 is 0 Å². The number of likely N-dealkylation sites (tertiary alicyclic amines) is 1. The number of piperidine rings is 1. The molecule has 8 heteroatoms. The molecule has 2 aliphatic heterocycles. The summed E-state index contributed by atoms with van der Waals surface area (Å²) < 4.78 is 12.1. The molecule has 0 aliphatic carbocycles. The van der Waals surface area contributed by atoms with E-state index in [1.54, 1.807) is 9.47 Å². The van der Waals surface area contributed by atoms with Crippen LogP contribution in [0.5, 0.6) is 5.75 Å². The molecule has 0 radical (unpaired) electrons. The Morgan fingerprint density at radius 1 is 1.14 bits per heavy atom. The molecule has 8 nitrogen and oxygen atoms in total. The van der Waals surface area contributed by atoms with Crippen LogP contribution < -0.4 is 10.3 Å². The quantitative estimate of drug-likeness (QED) is 0.687. The molecule has 1 atom stereocenters. The number of pyridine rings is 1. The molecule has 1 aromatic heterocycles. The summed E-state index contributed by atoms with van der Waals surface area (Å²) in [5.41, 5.74) is 0.948. The van der Waals surface area contributed by atoms with Gasteiger partial charge in [0.2, 0.25) is 0 Å². The largest absolute Gasteiger partial charge is 0.496 e. The Balaban J connectivity index is 2.03. The number of carbonyl (C=O) groups excluding carboxylic acids is 2. The maximum absolute atomic E-state index is 13.6. The Morgan fingerprint density at radius 3 is 2.62 bits per heavy atom. The molecule has 1 fully saturated rings. The number of aromatic nitrogens is 1. The molecule has 2 aliphatic rings. The van der Waals surface area contributed by atoms with E-state index in [9.17, 15) is 14.4 Å². The van der Waals surface area contributed by atoms with Crippen molar-refractivity contribution in [3.8, 4) is 5.75 Å². The second kappa shape index (κ2) is 9.43. The molecular weight excluding hydrogens is 374 g/mol. The third-order valence-corrected chi connectivity index (χ3v) is 5.90. The van der Waals surface area contributed by atoms with Crippen molar-refractivity contribution < 1.29 is 19.1 Å². The Morgan fingerprint density at radius 2 is 1.93 bits per heavy atom. The van der Waals surface area contributed by atoms with Crippen LogP contribution in [0, 0.1) is 0 Å². The van der Waals surface area contributed by atoms with Gasteiger partial charge in [0, 0.05) is 44.4 Å². The summed E-state index contributed by atoms with van der Waals surface area (Å²) in [5, 5.41) is 0. The van der Waals surface area contributed by atoms with Crippen LogP contribution in [0.25, 0.3) is 0 Å². The summed E-state index contributed by atoms with van der Waals surface area (Å²) in [7, 11) is 2.81. The molecule has 160 valence electrons. The Bertz CT molecular complexity index is 819. The third-order valence-electron chi connectivity index (χ3n) is 5.90. The minimum atomic E-state index is -0.596. The van der Waals surface area contributed by atoms with Crippen molar-refractivity contribution >= 4 is 11.9 Å². The number of amides is 1. The van der Waals surface area contributed by atoms with Crippen LogP contribution in [0.15, 0.2) is 10.9 Å². The maximum Gasteiger partial charge on any atom is 0.328 e. The van der Waals surface area contributed by atoms with Crippen molar-refractivity contribution in [2.24, 2.45) is 0 Å². The van der Waals surface area contributed by atoms with E-state index in [2.05, 4.69) is 11.8 Å². The van der Waals surface area contributed by atoms with Crippen molar-refractivity contribution in [2.45, 2.75) is 51.6 Å². The average Bonchev–Trinajstić information content (AvgIpc) is 2.96. The summed E-state index contributed by atoms with van der Waals surface area (Å²) >= 11 is 0. The van der Waals surface area contributed by atoms with Crippen LogP contribution >= 0.6 is 0 Å². The molecular formula is C21H31N3O5. The highest BCUT2D eigenvalue weighted by Crippen LogP contribution is 2.28. The molecule has 1 amide bonds. The van der Waals surface area contributed by atoms with Gasteiger partial charge in [-0.25, -0.2) is 4.79 Å². The summed E-state index contributed by atoms with van der Waals surface area (Å²) in [4.78, 5) is 42.5. The molecule has 29 heavy (non-hydrogen) atoms. The second-order valence-corrected chi connectivity index (χ2v) is 7.65. The van der Waals surface area contributed by atoms with Gasteiger partial charge in [-0.1, -0.05) is 6.92 Å². The molecule has 0 bridgehead atoms. The first-order valence-corrected chi connectivity index (χ1v) is 10.4. The van der Waals surface area contributed by atoms with Crippen LogP contribution in [-0.2, 0) is 22.5 Å². The fraction of sp³-hybridized carbons (Fsp3) is 0.667. The fourth-order valence-electron chi connectivity index (χ4n) is 4.42. The Labute approximate surface area is 171 Å². The average molecular weight is 405 g/mol. The lowest BCUT2D eigenvalue weighted by Gasteiger charge is -2.34. The van der Waals surface area contributed by atoms with Gasteiger partial charge < -0.3 is 23.8 Å². The topological polar surface area (TPSA) is 81.1 Å². The highest BCUT2D eigenvalue weighted by Gasteiger charge is 2.36. The molecule has 0 saturated carbocycles. The van der Waals surface area contributed by atoms with E-state index in [1.807, 2.05) is 0 Å². The summed E-state index contributed by atoms with van der Waals surface area (Å²) in [6.45, 7) is 5.67. The van der Waals surface area contributed by atoms with Crippen LogP contribution in [0.3, 0.4) is 0 Å². The van der Waals surface area contributed by atoms with Gasteiger partial charge in [-0.15, -0.1) is 0 Å². The predicted octanol–water partition coefficient (Wildman–Crippen LogP) is 1.29. The second-order valence-electron chi connectivity index (χ2n) is 7.65. The van der Waals surface area contributed by atoms with E-state index in [0.717, 1.165) is 38.9 Å². The number of hydrogen-bond acceptors (Lipinski definition) is 6. The Hall–Kier alpha value is -2.35. The first kappa shape index (κ1) is 21.4. The van der Waals surface area contributed by atoms with E-state index in [-0.39, 0.29) is 17.2 Å². The van der Waals surface area contributed by atoms with E-state index in [1.165, 1.54) is 20.3 Å². The number of fused-ring (bicyclic) bond motifs is 1. The summed E-state index contributed by atoms with van der Waals surface area (Å²) in [6, 6.07) is 0.796. The monoisotopic (exact) mass is 405 g/mol. The van der Waals surface area contributed by atoms with Gasteiger partial charge in [0.1, 0.15) is 17.4 Å². The number of ether oxygens (including phenoxy) is 2. The molecule has 3 heterocycles. The van der Waals surface area contributed by atoms with Crippen molar-refractivity contribution in [1.29, 1.82) is 0 Å². The van der Waals surface area contributed by atoms with Crippen LogP contribution in [0.4, 0.5) is 0 Å². The van der Waals surface area contributed by atoms with Gasteiger partial charge in [-0.05, 0) is 32.2 Å². The standard InChI is InChI=1S/C21H31N3O5/c1-4-9-22-11-8-15-19(17(28-2)14-18(25)23(15)13-12-22)20(26)24-10-6-5-7-16(24)21(27)29-3/h14,16H,4-13H2,1-3H3. The number of esters is 1. The van der Waals surface area contributed by atoms with Crippen LogP contribution in [0.1, 0.15) is 48.7 Å². The molecule has 0 aromatic carbocycles. The van der Waals surface area contributed by atoms with Gasteiger partial charge in [0.15, 0.2) is 0 Å². The Kier molecular flexibility index (Phi) is 6.95. The van der Waals surface area contributed by atoms with Crippen molar-refractivity contribution in [3.63, 3.8) is 0 Å². The minimum Gasteiger partial charge on any atom is -0.496 e. The summed E-state index contributed by atoms with van der Waals surface area (Å²) in [6.07, 6.45) is 3.92. The van der Waals surface area contributed by atoms with Crippen LogP contribution in [0.2, 0.25) is 0 Å². The van der Waals surface area contributed by atoms with Gasteiger partial charge in [-0.2, -0.15) is 0 Å². The summed E-state index contributed by atoms with van der Waals surface area (Å²) in [5.74, 6) is -0.376. The van der Waals surface area contributed by atoms with Crippen molar-refractivity contribution in [1.82, 2.24) is 14.4 Å². The zero-order valence-electron chi connectivity index (χ0n) is 17.6. The number of rotatable bonds is 5. The normalized spacial score (nSPS) is 20.0. The zero-order valence-corrected chi connectivity index (χ0v) is 17.6. The molecule has 1 saturated heterocycles. The van der Waals surface area contributed by atoms with Gasteiger partial charge in [0.25, 0.3) is 11.5 Å². The molecule has 3 rings (SSSR count). The van der Waals surface area contributed by atoms with Crippen molar-refractivity contribution in [3.05, 3.63) is 27.7 Å². The molecule has 0 N–H and O–H groups in total. The SMILES string of the molecule is CCCN1CCc2c(C(=O)N3CCCCC3C(=O)OC)c(OC)cc(=O)n2CC1. The zero-order chi connectivity index (χ0) is 21.0. The lowest BCUT2D eigenvalue weighted by molar-refractivity contribution is -0.147. The van der Waals surface area contributed by atoms with Crippen molar-refractivity contribution in [2.75, 3.05) is 40.4 Å². The van der Waals surface area contributed by atoms with E-state index < -0.39 is 12.0 Å². The van der Waals surface area contributed by atoms with Gasteiger partial charge >= 0.3 is 5.97 Å². The fourth-order valence-corrected chi connectivity index (χ4v) is 4.42. The number of nitrogens with zero attached hydrogens (tertiary/aromatic N) is 3. The van der Waals surface area contributed by atoms with E-state index in [4.69, 9.17) is 9.47 Å².